The Bertz CT molecular complexity index is 359. The molecule has 0 radical (unpaired) electrons. The molecule has 22 heavy (non-hydrogen) atoms. The van der Waals surface area contributed by atoms with Gasteiger partial charge in [-0.2, -0.15) is 0 Å². The van der Waals surface area contributed by atoms with Crippen molar-refractivity contribution < 1.29 is 29.2 Å². The molecule has 9 nitrogen and oxygen atoms in total. The first-order valence-electron chi connectivity index (χ1n) is 7.11. The van der Waals surface area contributed by atoms with Crippen LogP contribution in [0.15, 0.2) is 0 Å². The van der Waals surface area contributed by atoms with Crippen molar-refractivity contribution in [2.24, 2.45) is 11.5 Å². The lowest BCUT2D eigenvalue weighted by Crippen LogP contribution is -2.65. The summed E-state index contributed by atoms with van der Waals surface area (Å²) in [6.45, 7) is -0.223. The van der Waals surface area contributed by atoms with E-state index in [0.717, 1.165) is 0 Å². The Morgan fingerprint density at radius 3 is 2.18 bits per heavy atom. The summed E-state index contributed by atoms with van der Waals surface area (Å²) in [4.78, 5) is 12.0. The van der Waals surface area contributed by atoms with E-state index in [1.165, 1.54) is 21.3 Å². The summed E-state index contributed by atoms with van der Waals surface area (Å²) in [6, 6.07) is -0.855. The van der Waals surface area contributed by atoms with Crippen LogP contribution < -0.4 is 16.8 Å². The highest BCUT2D eigenvalue weighted by atomic mass is 16.6. The van der Waals surface area contributed by atoms with Crippen molar-refractivity contribution in [2.75, 3.05) is 27.9 Å². The third kappa shape index (κ3) is 4.13. The minimum atomic E-state index is -1.61. The van der Waals surface area contributed by atoms with Crippen LogP contribution in [0.2, 0.25) is 0 Å². The summed E-state index contributed by atoms with van der Waals surface area (Å²) in [5.74, 6) is -0.733. The maximum absolute atomic E-state index is 12.0. The number of aliphatic hydroxyl groups is 2. The van der Waals surface area contributed by atoms with E-state index in [9.17, 15) is 15.0 Å². The number of hydrogen-bond donors (Lipinski definition) is 5. The number of hydrogen-bond acceptors (Lipinski definition) is 8. The standard InChI is InChI=1S/C13H27N3O6/c1-20-10-6(15)4-7(11(21-2)12(10)22-3)16-13(19)9(18)8(17)5-14/h6-12,17-18H,4-5,14-15H2,1-3H3,(H,16,19)/t6-,7+,8?,9?,10+,11?,12-/m0/s1. The van der Waals surface area contributed by atoms with Gasteiger partial charge in [-0.15, -0.1) is 0 Å². The Morgan fingerprint density at radius 2 is 1.73 bits per heavy atom. The summed E-state index contributed by atoms with van der Waals surface area (Å²) >= 11 is 0. The van der Waals surface area contributed by atoms with Crippen LogP contribution in [0.5, 0.6) is 0 Å². The molecule has 0 saturated heterocycles. The van der Waals surface area contributed by atoms with E-state index in [-0.39, 0.29) is 18.7 Å². The minimum absolute atomic E-state index is 0.223. The zero-order chi connectivity index (χ0) is 16.9. The van der Waals surface area contributed by atoms with Crippen LogP contribution in [0, 0.1) is 0 Å². The van der Waals surface area contributed by atoms with Gasteiger partial charge in [0.25, 0.3) is 5.91 Å². The van der Waals surface area contributed by atoms with Crippen molar-refractivity contribution in [1.29, 1.82) is 0 Å². The quantitative estimate of drug-likeness (QED) is 0.331. The van der Waals surface area contributed by atoms with Crippen LogP contribution in [0.25, 0.3) is 0 Å². The van der Waals surface area contributed by atoms with E-state index in [2.05, 4.69) is 5.32 Å². The monoisotopic (exact) mass is 321 g/mol. The highest BCUT2D eigenvalue weighted by molar-refractivity contribution is 5.81. The predicted molar refractivity (Wildman–Crippen MR) is 78.0 cm³/mol. The first kappa shape index (κ1) is 19.2. The Morgan fingerprint density at radius 1 is 1.18 bits per heavy atom. The van der Waals surface area contributed by atoms with Crippen LogP contribution >= 0.6 is 0 Å². The van der Waals surface area contributed by atoms with Gasteiger partial charge in [-0.3, -0.25) is 4.79 Å². The highest BCUT2D eigenvalue weighted by Gasteiger charge is 2.45. The first-order valence-corrected chi connectivity index (χ1v) is 7.11. The number of methoxy groups -OCH3 is 3. The summed E-state index contributed by atoms with van der Waals surface area (Å²) in [5.41, 5.74) is 11.3. The molecule has 9 heteroatoms. The molecule has 0 aromatic carbocycles. The largest absolute Gasteiger partial charge is 0.389 e. The fourth-order valence-corrected chi connectivity index (χ4v) is 2.81. The molecule has 0 spiro atoms. The lowest BCUT2D eigenvalue weighted by atomic mass is 9.83. The third-order valence-corrected chi connectivity index (χ3v) is 4.01. The average molecular weight is 321 g/mol. The van der Waals surface area contributed by atoms with E-state index in [1.807, 2.05) is 0 Å². The lowest BCUT2D eigenvalue weighted by Gasteiger charge is -2.44. The van der Waals surface area contributed by atoms with Gasteiger partial charge in [-0.25, -0.2) is 0 Å². The van der Waals surface area contributed by atoms with Crippen LogP contribution in [0.4, 0.5) is 0 Å². The maximum Gasteiger partial charge on any atom is 0.251 e. The number of carbonyl (C=O) groups excluding carboxylic acids is 1. The second kappa shape index (κ2) is 8.73. The van der Waals surface area contributed by atoms with E-state index in [4.69, 9.17) is 25.7 Å². The predicted octanol–water partition coefficient (Wildman–Crippen LogP) is -3.07. The number of amides is 1. The molecule has 1 rings (SSSR count). The highest BCUT2D eigenvalue weighted by Crippen LogP contribution is 2.25. The molecule has 130 valence electrons. The van der Waals surface area contributed by atoms with Gasteiger partial charge in [0.1, 0.15) is 24.4 Å². The molecule has 1 aliphatic carbocycles. The summed E-state index contributed by atoms with van der Waals surface area (Å²) in [6.07, 6.45) is -3.90. The summed E-state index contributed by atoms with van der Waals surface area (Å²) < 4.78 is 16.2. The van der Waals surface area contributed by atoms with E-state index in [0.29, 0.717) is 6.42 Å². The van der Waals surface area contributed by atoms with E-state index < -0.39 is 36.4 Å². The molecular formula is C13H27N3O6. The van der Waals surface area contributed by atoms with E-state index in [1.54, 1.807) is 0 Å². The number of ether oxygens (including phenoxy) is 3. The summed E-state index contributed by atoms with van der Waals surface area (Å²) in [5, 5.41) is 21.8. The second-order valence-electron chi connectivity index (χ2n) is 5.36. The zero-order valence-corrected chi connectivity index (χ0v) is 13.1. The molecule has 1 amide bonds. The number of rotatable bonds is 7. The zero-order valence-electron chi connectivity index (χ0n) is 13.1. The van der Waals surface area contributed by atoms with Crippen molar-refractivity contribution in [3.63, 3.8) is 0 Å². The molecule has 7 atom stereocenters. The molecule has 3 unspecified atom stereocenters. The average Bonchev–Trinajstić information content (AvgIpc) is 2.52. The van der Waals surface area contributed by atoms with Gasteiger partial charge in [-0.05, 0) is 6.42 Å². The van der Waals surface area contributed by atoms with Crippen LogP contribution in [0.3, 0.4) is 0 Å². The molecule has 0 aliphatic heterocycles. The van der Waals surface area contributed by atoms with Gasteiger partial charge in [-0.1, -0.05) is 0 Å². The van der Waals surface area contributed by atoms with Crippen molar-refractivity contribution in [2.45, 2.75) is 49.0 Å². The molecule has 0 aromatic heterocycles. The van der Waals surface area contributed by atoms with Crippen LogP contribution in [-0.2, 0) is 19.0 Å². The SMILES string of the molecule is COC1[C@@H](OC)[C@H](OC)[C@@H](N)C[C@H]1NC(=O)C(O)C(O)CN. The van der Waals surface area contributed by atoms with Gasteiger partial charge < -0.3 is 41.2 Å². The van der Waals surface area contributed by atoms with Gasteiger partial charge in [0, 0.05) is 33.9 Å². The van der Waals surface area contributed by atoms with Crippen molar-refractivity contribution >= 4 is 5.91 Å². The Hall–Kier alpha value is -0.810. The van der Waals surface area contributed by atoms with Gasteiger partial charge in [0.15, 0.2) is 6.10 Å². The van der Waals surface area contributed by atoms with Crippen molar-refractivity contribution in [3.8, 4) is 0 Å². The third-order valence-electron chi connectivity index (χ3n) is 4.01. The minimum Gasteiger partial charge on any atom is -0.389 e. The van der Waals surface area contributed by atoms with Crippen molar-refractivity contribution in [1.82, 2.24) is 5.32 Å². The molecule has 0 bridgehead atoms. The van der Waals surface area contributed by atoms with Crippen molar-refractivity contribution in [3.05, 3.63) is 0 Å². The fourth-order valence-electron chi connectivity index (χ4n) is 2.81. The van der Waals surface area contributed by atoms with Gasteiger partial charge in [0.2, 0.25) is 0 Å². The number of aliphatic hydroxyl groups excluding tert-OH is 2. The lowest BCUT2D eigenvalue weighted by molar-refractivity contribution is -0.154. The number of nitrogens with two attached hydrogens (primary N) is 2. The van der Waals surface area contributed by atoms with Crippen LogP contribution in [-0.4, -0.2) is 86.6 Å². The van der Waals surface area contributed by atoms with Crippen LogP contribution in [0.1, 0.15) is 6.42 Å². The summed E-state index contributed by atoms with van der Waals surface area (Å²) in [7, 11) is 4.53. The molecule has 1 saturated carbocycles. The Kier molecular flexibility index (Phi) is 7.63. The number of carbonyl (C=O) groups is 1. The second-order valence-corrected chi connectivity index (χ2v) is 5.36. The normalized spacial score (nSPS) is 35.0. The molecule has 7 N–H and O–H groups in total. The molecule has 1 fully saturated rings. The molecular weight excluding hydrogens is 294 g/mol. The van der Waals surface area contributed by atoms with Gasteiger partial charge >= 0.3 is 0 Å². The molecule has 0 heterocycles. The molecule has 1 aliphatic rings. The van der Waals surface area contributed by atoms with E-state index >= 15 is 0 Å². The fraction of sp³-hybridized carbons (Fsp3) is 0.923. The first-order chi connectivity index (χ1) is 10.4. The topological polar surface area (TPSA) is 149 Å². The maximum atomic E-state index is 12.0. The molecule has 0 aromatic rings. The number of nitrogens with one attached hydrogen (secondary N) is 1. The Balaban J connectivity index is 2.82. The van der Waals surface area contributed by atoms with Gasteiger partial charge in [0.05, 0.1) is 6.04 Å². The Labute approximate surface area is 129 Å². The smallest absolute Gasteiger partial charge is 0.251 e.